The lowest BCUT2D eigenvalue weighted by Crippen LogP contribution is -2.35. The van der Waals surface area contributed by atoms with Gasteiger partial charge < -0.3 is 29.2 Å². The van der Waals surface area contributed by atoms with E-state index in [0.29, 0.717) is 31.7 Å². The number of nitrogens with zero attached hydrogens (tertiary/aromatic N) is 3. The molecule has 2 aliphatic heterocycles. The lowest BCUT2D eigenvalue weighted by atomic mass is 9.90. The summed E-state index contributed by atoms with van der Waals surface area (Å²) in [5, 5.41) is 0.888. The first kappa shape index (κ1) is 22.8. The summed E-state index contributed by atoms with van der Waals surface area (Å²) >= 11 is 0. The molecule has 2 aromatic heterocycles. The van der Waals surface area contributed by atoms with Crippen LogP contribution in [0.5, 0.6) is 5.75 Å². The third-order valence-electron chi connectivity index (χ3n) is 7.70. The second kappa shape index (κ2) is 8.76. The summed E-state index contributed by atoms with van der Waals surface area (Å²) in [4.78, 5) is 8.94. The zero-order valence-corrected chi connectivity index (χ0v) is 20.5. The number of nitrogen functional groups attached to an aromatic ring is 1. The molecule has 3 aromatic rings. The van der Waals surface area contributed by atoms with Crippen LogP contribution < -0.4 is 10.5 Å². The molecule has 1 atom stereocenters. The molecule has 3 aliphatic rings. The average Bonchev–Trinajstić information content (AvgIpc) is 3.56. The van der Waals surface area contributed by atoms with Crippen LogP contribution in [0.1, 0.15) is 58.4 Å². The summed E-state index contributed by atoms with van der Waals surface area (Å²) in [7, 11) is 0. The first-order chi connectivity index (χ1) is 16.9. The maximum absolute atomic E-state index is 6.38. The number of benzene rings is 1. The lowest BCUT2D eigenvalue weighted by molar-refractivity contribution is -0.181. The van der Waals surface area contributed by atoms with Crippen LogP contribution in [-0.4, -0.2) is 51.8 Å². The van der Waals surface area contributed by atoms with E-state index in [0.717, 1.165) is 66.4 Å². The first-order valence-electron chi connectivity index (χ1n) is 12.7. The van der Waals surface area contributed by atoms with E-state index in [1.807, 2.05) is 12.1 Å². The van der Waals surface area contributed by atoms with Gasteiger partial charge in [0.15, 0.2) is 5.79 Å². The molecule has 6 rings (SSSR count). The van der Waals surface area contributed by atoms with Crippen LogP contribution in [0.25, 0.3) is 22.2 Å². The van der Waals surface area contributed by atoms with Crippen LogP contribution >= 0.6 is 0 Å². The van der Waals surface area contributed by atoms with E-state index < -0.39 is 0 Å². The summed E-state index contributed by atoms with van der Waals surface area (Å²) in [6.45, 7) is 6.20. The lowest BCUT2D eigenvalue weighted by Gasteiger charge is -2.36. The Bertz CT molecular complexity index is 1210. The van der Waals surface area contributed by atoms with Crippen molar-refractivity contribution in [2.24, 2.45) is 0 Å². The van der Waals surface area contributed by atoms with Gasteiger partial charge in [-0.1, -0.05) is 12.1 Å². The highest BCUT2D eigenvalue weighted by Gasteiger charge is 2.41. The van der Waals surface area contributed by atoms with Crippen molar-refractivity contribution in [3.05, 3.63) is 36.8 Å². The predicted octanol–water partition coefficient (Wildman–Crippen LogP) is 4.88. The molecule has 1 aromatic carbocycles. The van der Waals surface area contributed by atoms with E-state index in [-0.39, 0.29) is 17.5 Å². The number of nitrogens with two attached hydrogens (primary N) is 1. The van der Waals surface area contributed by atoms with Crippen molar-refractivity contribution in [2.45, 2.75) is 75.9 Å². The number of rotatable bonds is 5. The molecule has 186 valence electrons. The predicted molar refractivity (Wildman–Crippen MR) is 133 cm³/mol. The largest absolute Gasteiger partial charge is 0.491 e. The summed E-state index contributed by atoms with van der Waals surface area (Å²) in [6.07, 6.45) is 9.63. The Morgan fingerprint density at radius 3 is 2.63 bits per heavy atom. The van der Waals surface area contributed by atoms with Gasteiger partial charge in [0.1, 0.15) is 30.1 Å². The molecule has 0 radical (unpaired) electrons. The number of aromatic nitrogens is 3. The van der Waals surface area contributed by atoms with E-state index in [4.69, 9.17) is 24.7 Å². The SMILES string of the molecule is CC1(C)CCC(COc2cccc(-c3cn(C4CCC5(CC4)OCCO5)c4ncnc(N)c34)c2)O1. The van der Waals surface area contributed by atoms with Crippen molar-refractivity contribution >= 4 is 16.9 Å². The maximum Gasteiger partial charge on any atom is 0.168 e. The van der Waals surface area contributed by atoms with Crippen molar-refractivity contribution in [1.29, 1.82) is 0 Å². The Kier molecular flexibility index (Phi) is 5.70. The molecule has 2 N–H and O–H groups in total. The van der Waals surface area contributed by atoms with Crippen LogP contribution in [0.4, 0.5) is 5.82 Å². The summed E-state index contributed by atoms with van der Waals surface area (Å²) < 4.78 is 26.4. The van der Waals surface area contributed by atoms with E-state index in [2.05, 4.69) is 46.7 Å². The monoisotopic (exact) mass is 478 g/mol. The van der Waals surface area contributed by atoms with Crippen LogP contribution in [0.15, 0.2) is 36.8 Å². The molecule has 1 saturated carbocycles. The van der Waals surface area contributed by atoms with E-state index >= 15 is 0 Å². The molecule has 1 unspecified atom stereocenters. The van der Waals surface area contributed by atoms with Gasteiger partial charge in [-0.15, -0.1) is 0 Å². The second-order valence-corrected chi connectivity index (χ2v) is 10.6. The Balaban J connectivity index is 1.27. The number of anilines is 1. The zero-order chi connectivity index (χ0) is 24.0. The Morgan fingerprint density at radius 1 is 1.09 bits per heavy atom. The van der Waals surface area contributed by atoms with Crippen LogP contribution in [0.2, 0.25) is 0 Å². The fourth-order valence-electron chi connectivity index (χ4n) is 5.85. The molecule has 4 heterocycles. The highest BCUT2D eigenvalue weighted by atomic mass is 16.7. The highest BCUT2D eigenvalue weighted by Crippen LogP contribution is 2.43. The van der Waals surface area contributed by atoms with Crippen molar-refractivity contribution < 1.29 is 18.9 Å². The number of fused-ring (bicyclic) bond motifs is 1. The standard InChI is InChI=1S/C27H34N4O4/c1-26(2)9-8-21(35-26)16-32-20-5-3-4-18(14-20)22-15-31(25-23(22)24(28)29-17-30-25)19-6-10-27(11-7-19)33-12-13-34-27/h3-5,14-15,17,19,21H,6-13,16H2,1-2H3,(H2,28,29,30). The zero-order valence-electron chi connectivity index (χ0n) is 20.5. The quantitative estimate of drug-likeness (QED) is 0.559. The molecule has 2 saturated heterocycles. The van der Waals surface area contributed by atoms with E-state index in [1.54, 1.807) is 6.33 Å². The third-order valence-corrected chi connectivity index (χ3v) is 7.70. The first-order valence-corrected chi connectivity index (χ1v) is 12.7. The van der Waals surface area contributed by atoms with Crippen LogP contribution in [0, 0.1) is 0 Å². The van der Waals surface area contributed by atoms with Gasteiger partial charge in [-0.05, 0) is 57.2 Å². The molecule has 0 amide bonds. The van der Waals surface area contributed by atoms with Gasteiger partial charge in [-0.3, -0.25) is 0 Å². The molecule has 0 bridgehead atoms. The third kappa shape index (κ3) is 4.39. The molecular weight excluding hydrogens is 444 g/mol. The minimum absolute atomic E-state index is 0.0655. The molecule has 1 aliphatic carbocycles. The van der Waals surface area contributed by atoms with Crippen molar-refractivity contribution in [2.75, 3.05) is 25.6 Å². The molecular formula is C27H34N4O4. The minimum Gasteiger partial charge on any atom is -0.491 e. The van der Waals surface area contributed by atoms with E-state index in [9.17, 15) is 0 Å². The van der Waals surface area contributed by atoms with E-state index in [1.165, 1.54) is 0 Å². The number of ether oxygens (including phenoxy) is 4. The van der Waals surface area contributed by atoms with Crippen molar-refractivity contribution in [1.82, 2.24) is 14.5 Å². The number of hydrogen-bond donors (Lipinski definition) is 1. The Hall–Kier alpha value is -2.68. The molecule has 1 spiro atoms. The van der Waals surface area contributed by atoms with Gasteiger partial charge in [0.25, 0.3) is 0 Å². The summed E-state index contributed by atoms with van der Waals surface area (Å²) in [5.74, 6) is 0.925. The number of hydrogen-bond acceptors (Lipinski definition) is 7. The van der Waals surface area contributed by atoms with Gasteiger partial charge in [0.05, 0.1) is 30.3 Å². The Morgan fingerprint density at radius 2 is 1.89 bits per heavy atom. The fourth-order valence-corrected chi connectivity index (χ4v) is 5.85. The summed E-state index contributed by atoms with van der Waals surface area (Å²) in [5.41, 5.74) is 9.25. The van der Waals surface area contributed by atoms with Gasteiger partial charge in [0, 0.05) is 30.6 Å². The average molecular weight is 479 g/mol. The minimum atomic E-state index is -0.389. The normalized spacial score (nSPS) is 23.9. The maximum atomic E-state index is 6.38. The summed E-state index contributed by atoms with van der Waals surface area (Å²) in [6, 6.07) is 8.48. The van der Waals surface area contributed by atoms with Gasteiger partial charge in [-0.2, -0.15) is 0 Å². The van der Waals surface area contributed by atoms with Crippen molar-refractivity contribution in [3.63, 3.8) is 0 Å². The van der Waals surface area contributed by atoms with Gasteiger partial charge in [-0.25, -0.2) is 9.97 Å². The smallest absolute Gasteiger partial charge is 0.168 e. The second-order valence-electron chi connectivity index (χ2n) is 10.6. The van der Waals surface area contributed by atoms with Crippen LogP contribution in [0.3, 0.4) is 0 Å². The molecule has 3 fully saturated rings. The van der Waals surface area contributed by atoms with Crippen LogP contribution in [-0.2, 0) is 14.2 Å². The molecule has 35 heavy (non-hydrogen) atoms. The fraction of sp³-hybridized carbons (Fsp3) is 0.556. The molecule has 8 heteroatoms. The Labute approximate surface area is 205 Å². The highest BCUT2D eigenvalue weighted by molar-refractivity contribution is 6.00. The molecule has 8 nitrogen and oxygen atoms in total. The topological polar surface area (TPSA) is 93.7 Å². The van der Waals surface area contributed by atoms with Gasteiger partial charge >= 0.3 is 0 Å². The van der Waals surface area contributed by atoms with Gasteiger partial charge in [0.2, 0.25) is 0 Å². The van der Waals surface area contributed by atoms with Crippen molar-refractivity contribution in [3.8, 4) is 16.9 Å².